The predicted octanol–water partition coefficient (Wildman–Crippen LogP) is 3.04. The molecular weight excluding hydrogens is 358 g/mol. The minimum Gasteiger partial charge on any atom is -0.336 e. The molecule has 3 aromatic rings. The standard InChI is InChI=1S/C13H12BrN3O3S/c1-8-12(14)13(20-15-8)16-21(18,19)11-7-9-5-3-4-6-10(9)17(11)2/h3-7,16H,1-2H3. The van der Waals surface area contributed by atoms with E-state index < -0.39 is 10.0 Å². The van der Waals surface area contributed by atoms with Crippen LogP contribution in [0.1, 0.15) is 5.69 Å². The summed E-state index contributed by atoms with van der Waals surface area (Å²) in [5.74, 6) is 0.0674. The molecule has 0 aliphatic carbocycles. The zero-order chi connectivity index (χ0) is 15.2. The molecule has 0 atom stereocenters. The van der Waals surface area contributed by atoms with E-state index in [4.69, 9.17) is 4.52 Å². The van der Waals surface area contributed by atoms with Crippen LogP contribution >= 0.6 is 15.9 Å². The number of nitrogens with one attached hydrogen (secondary N) is 1. The van der Waals surface area contributed by atoms with Crippen molar-refractivity contribution < 1.29 is 12.9 Å². The van der Waals surface area contributed by atoms with Crippen LogP contribution in [0, 0.1) is 6.92 Å². The molecule has 0 saturated carbocycles. The minimum atomic E-state index is -3.77. The van der Waals surface area contributed by atoms with E-state index in [2.05, 4.69) is 25.8 Å². The molecule has 2 heterocycles. The molecule has 0 aliphatic rings. The number of rotatable bonds is 3. The smallest absolute Gasteiger partial charge is 0.279 e. The molecule has 0 radical (unpaired) electrons. The Bertz CT molecular complexity index is 927. The summed E-state index contributed by atoms with van der Waals surface area (Å²) in [4.78, 5) is 0. The summed E-state index contributed by atoms with van der Waals surface area (Å²) in [5, 5.41) is 4.72. The van der Waals surface area contributed by atoms with Gasteiger partial charge in [0.05, 0.1) is 5.69 Å². The van der Waals surface area contributed by atoms with E-state index in [0.29, 0.717) is 10.2 Å². The summed E-state index contributed by atoms with van der Waals surface area (Å²) in [7, 11) is -2.06. The van der Waals surface area contributed by atoms with Crippen LogP contribution in [0.5, 0.6) is 0 Å². The lowest BCUT2D eigenvalue weighted by atomic mass is 10.2. The highest BCUT2D eigenvalue weighted by Crippen LogP contribution is 2.29. The molecule has 1 aromatic carbocycles. The average molecular weight is 370 g/mol. The Kier molecular flexibility index (Phi) is 3.29. The van der Waals surface area contributed by atoms with Gasteiger partial charge in [-0.15, -0.1) is 0 Å². The number of para-hydroxylation sites is 1. The largest absolute Gasteiger partial charge is 0.336 e. The van der Waals surface area contributed by atoms with E-state index in [1.54, 1.807) is 24.6 Å². The molecule has 1 N–H and O–H groups in total. The lowest BCUT2D eigenvalue weighted by Crippen LogP contribution is -2.16. The Morgan fingerprint density at radius 3 is 2.67 bits per heavy atom. The number of hydrogen-bond donors (Lipinski definition) is 1. The van der Waals surface area contributed by atoms with Gasteiger partial charge in [-0.25, -0.2) is 4.72 Å². The Balaban J connectivity index is 2.08. The molecular formula is C13H12BrN3O3S. The van der Waals surface area contributed by atoms with Crippen LogP contribution in [0.4, 0.5) is 5.88 Å². The fourth-order valence-corrected chi connectivity index (χ4v) is 3.72. The van der Waals surface area contributed by atoms with E-state index in [-0.39, 0.29) is 10.9 Å². The third-order valence-electron chi connectivity index (χ3n) is 3.20. The molecule has 0 fully saturated rings. The number of aryl methyl sites for hydroxylation is 2. The molecule has 0 aliphatic heterocycles. The first kappa shape index (κ1) is 14.2. The van der Waals surface area contributed by atoms with Gasteiger partial charge in [-0.2, -0.15) is 8.42 Å². The molecule has 0 unspecified atom stereocenters. The molecule has 0 bridgehead atoms. The second kappa shape index (κ2) is 4.88. The Morgan fingerprint density at radius 2 is 2.05 bits per heavy atom. The highest BCUT2D eigenvalue weighted by molar-refractivity contribution is 9.10. The van der Waals surface area contributed by atoms with Crippen LogP contribution in [0.2, 0.25) is 0 Å². The number of sulfonamides is 1. The van der Waals surface area contributed by atoms with Gasteiger partial charge in [0, 0.05) is 18.0 Å². The van der Waals surface area contributed by atoms with E-state index >= 15 is 0 Å². The SMILES string of the molecule is Cc1noc(NS(=O)(=O)c2cc3ccccc3n2C)c1Br. The van der Waals surface area contributed by atoms with Gasteiger partial charge in [0.1, 0.15) is 4.47 Å². The fourth-order valence-electron chi connectivity index (χ4n) is 2.12. The first-order chi connectivity index (χ1) is 9.90. The second-order valence-electron chi connectivity index (χ2n) is 4.62. The van der Waals surface area contributed by atoms with Crippen LogP contribution < -0.4 is 4.72 Å². The molecule has 2 aromatic heterocycles. The zero-order valence-corrected chi connectivity index (χ0v) is 13.7. The van der Waals surface area contributed by atoms with Crippen molar-refractivity contribution >= 4 is 42.7 Å². The van der Waals surface area contributed by atoms with Crippen LogP contribution in [-0.4, -0.2) is 18.1 Å². The van der Waals surface area contributed by atoms with Crippen molar-refractivity contribution in [2.75, 3.05) is 4.72 Å². The molecule has 21 heavy (non-hydrogen) atoms. The quantitative estimate of drug-likeness (QED) is 0.769. The summed E-state index contributed by atoms with van der Waals surface area (Å²) >= 11 is 3.24. The highest BCUT2D eigenvalue weighted by Gasteiger charge is 2.23. The lowest BCUT2D eigenvalue weighted by molar-refractivity contribution is 0.430. The number of hydrogen-bond acceptors (Lipinski definition) is 4. The molecule has 0 spiro atoms. The summed E-state index contributed by atoms with van der Waals surface area (Å²) in [6.07, 6.45) is 0. The molecule has 8 heteroatoms. The molecule has 0 saturated heterocycles. The van der Waals surface area contributed by atoms with Gasteiger partial charge >= 0.3 is 0 Å². The number of aromatic nitrogens is 2. The first-order valence-corrected chi connectivity index (χ1v) is 8.37. The number of benzene rings is 1. The van der Waals surface area contributed by atoms with Crippen molar-refractivity contribution in [1.82, 2.24) is 9.72 Å². The maximum Gasteiger partial charge on any atom is 0.279 e. The summed E-state index contributed by atoms with van der Waals surface area (Å²) in [6.45, 7) is 1.71. The minimum absolute atomic E-state index is 0.0674. The zero-order valence-electron chi connectivity index (χ0n) is 11.3. The fraction of sp³-hybridized carbons (Fsp3) is 0.154. The van der Waals surface area contributed by atoms with E-state index in [0.717, 1.165) is 10.9 Å². The predicted molar refractivity (Wildman–Crippen MR) is 82.7 cm³/mol. The van der Waals surface area contributed by atoms with Crippen molar-refractivity contribution in [3.63, 3.8) is 0 Å². The van der Waals surface area contributed by atoms with Gasteiger partial charge in [-0.05, 0) is 35.0 Å². The van der Waals surface area contributed by atoms with Crippen molar-refractivity contribution in [2.45, 2.75) is 11.9 Å². The number of anilines is 1. The van der Waals surface area contributed by atoms with Crippen molar-refractivity contribution in [1.29, 1.82) is 0 Å². The van der Waals surface area contributed by atoms with Crippen molar-refractivity contribution in [3.05, 3.63) is 40.5 Å². The Labute approximate surface area is 129 Å². The Morgan fingerprint density at radius 1 is 1.33 bits per heavy atom. The van der Waals surface area contributed by atoms with E-state index in [1.165, 1.54) is 0 Å². The number of halogens is 1. The van der Waals surface area contributed by atoms with Gasteiger partial charge in [0.15, 0.2) is 5.03 Å². The highest BCUT2D eigenvalue weighted by atomic mass is 79.9. The second-order valence-corrected chi connectivity index (χ2v) is 7.04. The summed E-state index contributed by atoms with van der Waals surface area (Å²) in [6, 6.07) is 9.08. The van der Waals surface area contributed by atoms with Crippen LogP contribution in [0.3, 0.4) is 0 Å². The van der Waals surface area contributed by atoms with Crippen LogP contribution in [-0.2, 0) is 17.1 Å². The molecule has 3 rings (SSSR count). The normalized spacial score (nSPS) is 12.0. The molecule has 6 nitrogen and oxygen atoms in total. The first-order valence-electron chi connectivity index (χ1n) is 6.09. The third kappa shape index (κ3) is 2.34. The van der Waals surface area contributed by atoms with E-state index in [1.807, 2.05) is 24.3 Å². The summed E-state index contributed by atoms with van der Waals surface area (Å²) < 4.78 is 34.5. The lowest BCUT2D eigenvalue weighted by Gasteiger charge is -2.06. The van der Waals surface area contributed by atoms with Crippen molar-refractivity contribution in [3.8, 4) is 0 Å². The molecule has 110 valence electrons. The monoisotopic (exact) mass is 369 g/mol. The maximum atomic E-state index is 12.5. The Hall–Kier alpha value is -1.80. The van der Waals surface area contributed by atoms with Gasteiger partial charge in [0.2, 0.25) is 0 Å². The summed E-state index contributed by atoms with van der Waals surface area (Å²) in [5.41, 5.74) is 1.41. The van der Waals surface area contributed by atoms with Gasteiger partial charge in [-0.1, -0.05) is 23.4 Å². The topological polar surface area (TPSA) is 77.1 Å². The van der Waals surface area contributed by atoms with Gasteiger partial charge in [-0.3, -0.25) is 0 Å². The van der Waals surface area contributed by atoms with E-state index in [9.17, 15) is 8.42 Å². The number of nitrogens with zero attached hydrogens (tertiary/aromatic N) is 2. The third-order valence-corrected chi connectivity index (χ3v) is 5.53. The number of fused-ring (bicyclic) bond motifs is 1. The van der Waals surface area contributed by atoms with Crippen LogP contribution in [0.15, 0.2) is 44.4 Å². The van der Waals surface area contributed by atoms with Crippen LogP contribution in [0.25, 0.3) is 10.9 Å². The van der Waals surface area contributed by atoms with Crippen molar-refractivity contribution in [2.24, 2.45) is 7.05 Å². The molecule has 0 amide bonds. The average Bonchev–Trinajstić information content (AvgIpc) is 2.95. The maximum absolute atomic E-state index is 12.5. The van der Waals surface area contributed by atoms with Gasteiger partial charge < -0.3 is 9.09 Å². The van der Waals surface area contributed by atoms with Gasteiger partial charge in [0.25, 0.3) is 15.9 Å².